The molecule has 1 aromatic carbocycles. The molecular formula is C16H13ClN2O2. The molecule has 21 heavy (non-hydrogen) atoms. The van der Waals surface area contributed by atoms with E-state index in [1.54, 1.807) is 12.1 Å². The van der Waals surface area contributed by atoms with Crippen LogP contribution < -0.4 is 5.32 Å². The summed E-state index contributed by atoms with van der Waals surface area (Å²) in [6.45, 7) is 1.87. The lowest BCUT2D eigenvalue weighted by Gasteiger charge is -2.11. The Morgan fingerprint density at radius 1 is 1.29 bits per heavy atom. The second-order valence-corrected chi connectivity index (χ2v) is 5.14. The zero-order chi connectivity index (χ0) is 14.8. The SMILES string of the molecule is C[C@@H](NC(=O)c1ccc(Cl)nc1)c1cc2ccccc2o1. The second kappa shape index (κ2) is 5.58. The van der Waals surface area contributed by atoms with Crippen molar-refractivity contribution in [3.05, 3.63) is 65.1 Å². The number of pyridine rings is 1. The molecule has 4 nitrogen and oxygen atoms in total. The molecule has 106 valence electrons. The minimum absolute atomic E-state index is 0.216. The molecule has 2 heterocycles. The van der Waals surface area contributed by atoms with Gasteiger partial charge in [0.25, 0.3) is 5.91 Å². The number of nitrogens with zero attached hydrogens (tertiary/aromatic N) is 1. The number of halogens is 1. The van der Waals surface area contributed by atoms with Crippen molar-refractivity contribution in [2.75, 3.05) is 0 Å². The van der Waals surface area contributed by atoms with Gasteiger partial charge in [0, 0.05) is 11.6 Å². The first kappa shape index (κ1) is 13.6. The lowest BCUT2D eigenvalue weighted by molar-refractivity contribution is 0.0935. The van der Waals surface area contributed by atoms with E-state index in [-0.39, 0.29) is 11.9 Å². The molecule has 1 amide bonds. The van der Waals surface area contributed by atoms with Crippen molar-refractivity contribution in [2.45, 2.75) is 13.0 Å². The number of fused-ring (bicyclic) bond motifs is 1. The smallest absolute Gasteiger partial charge is 0.253 e. The number of carbonyl (C=O) groups excluding carboxylic acids is 1. The highest BCUT2D eigenvalue weighted by Crippen LogP contribution is 2.23. The van der Waals surface area contributed by atoms with E-state index >= 15 is 0 Å². The van der Waals surface area contributed by atoms with E-state index in [0.717, 1.165) is 11.0 Å². The zero-order valence-electron chi connectivity index (χ0n) is 11.3. The van der Waals surface area contributed by atoms with Crippen LogP contribution in [-0.2, 0) is 0 Å². The van der Waals surface area contributed by atoms with Crippen LogP contribution in [0.3, 0.4) is 0 Å². The average Bonchev–Trinajstić information content (AvgIpc) is 2.92. The van der Waals surface area contributed by atoms with Gasteiger partial charge in [-0.3, -0.25) is 4.79 Å². The summed E-state index contributed by atoms with van der Waals surface area (Å²) in [6, 6.07) is 12.7. The van der Waals surface area contributed by atoms with Crippen LogP contribution in [0.1, 0.15) is 29.1 Å². The van der Waals surface area contributed by atoms with E-state index in [1.807, 2.05) is 37.3 Å². The van der Waals surface area contributed by atoms with Crippen molar-refractivity contribution in [1.82, 2.24) is 10.3 Å². The number of aromatic nitrogens is 1. The Morgan fingerprint density at radius 2 is 2.10 bits per heavy atom. The number of hydrogen-bond donors (Lipinski definition) is 1. The van der Waals surface area contributed by atoms with E-state index in [9.17, 15) is 4.79 Å². The van der Waals surface area contributed by atoms with Crippen LogP contribution in [0.2, 0.25) is 5.15 Å². The quantitative estimate of drug-likeness (QED) is 0.745. The highest BCUT2D eigenvalue weighted by molar-refractivity contribution is 6.29. The number of para-hydroxylation sites is 1. The van der Waals surface area contributed by atoms with Crippen molar-refractivity contribution >= 4 is 28.5 Å². The summed E-state index contributed by atoms with van der Waals surface area (Å²) in [5.41, 5.74) is 1.27. The van der Waals surface area contributed by atoms with Gasteiger partial charge >= 0.3 is 0 Å². The van der Waals surface area contributed by atoms with Gasteiger partial charge in [-0.25, -0.2) is 4.98 Å². The fourth-order valence-corrected chi connectivity index (χ4v) is 2.19. The van der Waals surface area contributed by atoms with Gasteiger partial charge in [0.15, 0.2) is 0 Å². The van der Waals surface area contributed by atoms with Crippen LogP contribution in [-0.4, -0.2) is 10.9 Å². The molecule has 5 heteroatoms. The molecule has 0 aliphatic heterocycles. The Morgan fingerprint density at radius 3 is 2.81 bits per heavy atom. The lowest BCUT2D eigenvalue weighted by Crippen LogP contribution is -2.26. The fourth-order valence-electron chi connectivity index (χ4n) is 2.08. The van der Waals surface area contributed by atoms with E-state index in [2.05, 4.69) is 10.3 Å². The first-order valence-electron chi connectivity index (χ1n) is 6.54. The Hall–Kier alpha value is -2.33. The Kier molecular flexibility index (Phi) is 3.62. The number of rotatable bonds is 3. The Balaban J connectivity index is 1.77. The summed E-state index contributed by atoms with van der Waals surface area (Å²) >= 11 is 5.71. The van der Waals surface area contributed by atoms with Gasteiger partial charge in [-0.05, 0) is 31.2 Å². The van der Waals surface area contributed by atoms with Crippen LogP contribution in [0.25, 0.3) is 11.0 Å². The maximum Gasteiger partial charge on any atom is 0.253 e. The summed E-state index contributed by atoms with van der Waals surface area (Å²) < 4.78 is 5.73. The van der Waals surface area contributed by atoms with Gasteiger partial charge in [0.05, 0.1) is 11.6 Å². The summed E-state index contributed by atoms with van der Waals surface area (Å²) in [5, 5.41) is 4.25. The summed E-state index contributed by atoms with van der Waals surface area (Å²) in [7, 11) is 0. The van der Waals surface area contributed by atoms with Crippen molar-refractivity contribution < 1.29 is 9.21 Å². The molecule has 0 aliphatic rings. The third kappa shape index (κ3) is 2.90. The molecule has 2 aromatic heterocycles. The number of carbonyl (C=O) groups is 1. The van der Waals surface area contributed by atoms with Gasteiger partial charge < -0.3 is 9.73 Å². The second-order valence-electron chi connectivity index (χ2n) is 4.75. The molecule has 0 spiro atoms. The van der Waals surface area contributed by atoms with Gasteiger partial charge in [0.2, 0.25) is 0 Å². The van der Waals surface area contributed by atoms with Gasteiger partial charge in [-0.2, -0.15) is 0 Å². The van der Waals surface area contributed by atoms with Crippen LogP contribution >= 0.6 is 11.6 Å². The molecule has 0 saturated carbocycles. The number of furan rings is 1. The molecule has 3 rings (SSSR count). The lowest BCUT2D eigenvalue weighted by atomic mass is 10.2. The van der Waals surface area contributed by atoms with Crippen LogP contribution in [0.15, 0.2) is 53.1 Å². The molecule has 0 fully saturated rings. The van der Waals surface area contributed by atoms with Crippen LogP contribution in [0, 0.1) is 0 Å². The van der Waals surface area contributed by atoms with Crippen LogP contribution in [0.5, 0.6) is 0 Å². The predicted molar refractivity (Wildman–Crippen MR) is 81.3 cm³/mol. The molecular weight excluding hydrogens is 288 g/mol. The van der Waals surface area contributed by atoms with Crippen molar-refractivity contribution in [3.8, 4) is 0 Å². The van der Waals surface area contributed by atoms with E-state index in [1.165, 1.54) is 6.20 Å². The largest absolute Gasteiger partial charge is 0.459 e. The van der Waals surface area contributed by atoms with Crippen molar-refractivity contribution in [2.24, 2.45) is 0 Å². The molecule has 0 aliphatic carbocycles. The summed E-state index contributed by atoms with van der Waals surface area (Å²) in [6.07, 6.45) is 1.45. The van der Waals surface area contributed by atoms with E-state index < -0.39 is 0 Å². The summed E-state index contributed by atoms with van der Waals surface area (Å²) in [4.78, 5) is 16.0. The van der Waals surface area contributed by atoms with Gasteiger partial charge in [-0.15, -0.1) is 0 Å². The summed E-state index contributed by atoms with van der Waals surface area (Å²) in [5.74, 6) is 0.499. The highest BCUT2D eigenvalue weighted by Gasteiger charge is 2.15. The predicted octanol–water partition coefficient (Wildman–Crippen LogP) is 3.97. The molecule has 0 bridgehead atoms. The molecule has 0 unspecified atom stereocenters. The normalized spacial score (nSPS) is 12.3. The van der Waals surface area contributed by atoms with Gasteiger partial charge in [-0.1, -0.05) is 29.8 Å². The minimum Gasteiger partial charge on any atom is -0.459 e. The third-order valence-electron chi connectivity index (χ3n) is 3.21. The standard InChI is InChI=1S/C16H13ClN2O2/c1-10(14-8-11-4-2-3-5-13(11)21-14)19-16(20)12-6-7-15(17)18-9-12/h2-10H,1H3,(H,19,20)/t10-/m1/s1. The maximum absolute atomic E-state index is 12.1. The van der Waals surface area contributed by atoms with Crippen molar-refractivity contribution in [1.29, 1.82) is 0 Å². The van der Waals surface area contributed by atoms with Gasteiger partial charge in [0.1, 0.15) is 16.5 Å². The molecule has 0 radical (unpaired) electrons. The highest BCUT2D eigenvalue weighted by atomic mass is 35.5. The maximum atomic E-state index is 12.1. The topological polar surface area (TPSA) is 55.1 Å². The monoisotopic (exact) mass is 300 g/mol. The van der Waals surface area contributed by atoms with Crippen LogP contribution in [0.4, 0.5) is 0 Å². The number of amides is 1. The average molecular weight is 301 g/mol. The molecule has 3 aromatic rings. The number of nitrogens with one attached hydrogen (secondary N) is 1. The molecule has 1 atom stereocenters. The fraction of sp³-hybridized carbons (Fsp3) is 0.125. The minimum atomic E-state index is -0.236. The Bertz CT molecular complexity index is 747. The number of benzene rings is 1. The van der Waals surface area contributed by atoms with E-state index in [0.29, 0.717) is 16.5 Å². The zero-order valence-corrected chi connectivity index (χ0v) is 12.1. The molecule has 1 N–H and O–H groups in total. The van der Waals surface area contributed by atoms with E-state index in [4.69, 9.17) is 16.0 Å². The Labute approximate surface area is 126 Å². The first-order valence-corrected chi connectivity index (χ1v) is 6.92. The molecule has 0 saturated heterocycles. The van der Waals surface area contributed by atoms with Crippen molar-refractivity contribution in [3.63, 3.8) is 0 Å². The third-order valence-corrected chi connectivity index (χ3v) is 3.43. The first-order chi connectivity index (χ1) is 10.1. The number of hydrogen-bond acceptors (Lipinski definition) is 3.